The maximum Gasteiger partial charge on any atom is 0.263 e. The Morgan fingerprint density at radius 3 is 2.83 bits per heavy atom. The van der Waals surface area contributed by atoms with Crippen molar-refractivity contribution in [1.29, 1.82) is 0 Å². The number of hydrazone groups is 1. The van der Waals surface area contributed by atoms with E-state index in [0.29, 0.717) is 5.95 Å². The molecule has 0 amide bonds. The molecule has 23 heavy (non-hydrogen) atoms. The van der Waals surface area contributed by atoms with Gasteiger partial charge in [-0.2, -0.15) is 10.2 Å². The monoisotopic (exact) mass is 305 g/mol. The van der Waals surface area contributed by atoms with Crippen molar-refractivity contribution < 1.29 is 4.42 Å². The normalized spacial score (nSPS) is 11.8. The third-order valence-corrected chi connectivity index (χ3v) is 2.97. The van der Waals surface area contributed by atoms with E-state index in [0.717, 1.165) is 22.6 Å². The minimum Gasteiger partial charge on any atom is -0.465 e. The summed E-state index contributed by atoms with van der Waals surface area (Å²) >= 11 is 0. The number of allylic oxidation sites excluding steroid dienone is 1. The summed E-state index contributed by atoms with van der Waals surface area (Å²) in [6.45, 7) is 1.92. The van der Waals surface area contributed by atoms with Crippen molar-refractivity contribution in [3.8, 4) is 11.3 Å². The Labute approximate surface area is 133 Å². The van der Waals surface area contributed by atoms with Gasteiger partial charge in [-0.1, -0.05) is 30.3 Å². The van der Waals surface area contributed by atoms with Crippen LogP contribution in [0.15, 0.2) is 70.0 Å². The Bertz CT molecular complexity index is 810. The van der Waals surface area contributed by atoms with Crippen LogP contribution < -0.4 is 5.43 Å². The van der Waals surface area contributed by atoms with E-state index in [4.69, 9.17) is 4.42 Å². The van der Waals surface area contributed by atoms with E-state index in [9.17, 15) is 0 Å². The van der Waals surface area contributed by atoms with Crippen LogP contribution in [0, 0.1) is 0 Å². The first-order valence-electron chi connectivity index (χ1n) is 7.07. The predicted octanol–water partition coefficient (Wildman–Crippen LogP) is 3.63. The van der Waals surface area contributed by atoms with E-state index < -0.39 is 0 Å². The van der Waals surface area contributed by atoms with Gasteiger partial charge in [-0.3, -0.25) is 0 Å². The molecule has 6 heteroatoms. The smallest absolute Gasteiger partial charge is 0.263 e. The second-order valence-electron chi connectivity index (χ2n) is 4.81. The minimum absolute atomic E-state index is 0.341. The first-order chi connectivity index (χ1) is 11.3. The number of anilines is 1. The number of furan rings is 1. The van der Waals surface area contributed by atoms with Crippen molar-refractivity contribution >= 4 is 18.2 Å². The Hall–Kier alpha value is -3.28. The standard InChI is InChI=1S/C17H15N5O/c1-13(10-15-8-5-9-23-15)11-18-21-17-20-16(12-19-22-17)14-6-3-2-4-7-14/h2-12H,1H3,(H,20,21,22)/b13-10+,18-11-. The molecule has 0 aliphatic heterocycles. The Morgan fingerprint density at radius 1 is 1.17 bits per heavy atom. The average Bonchev–Trinajstić information content (AvgIpc) is 3.09. The molecule has 114 valence electrons. The molecule has 2 aromatic heterocycles. The highest BCUT2D eigenvalue weighted by atomic mass is 16.3. The van der Waals surface area contributed by atoms with Gasteiger partial charge in [0.05, 0.1) is 24.4 Å². The van der Waals surface area contributed by atoms with Crippen molar-refractivity contribution in [3.05, 3.63) is 66.3 Å². The van der Waals surface area contributed by atoms with Crippen molar-refractivity contribution in [3.63, 3.8) is 0 Å². The molecule has 0 atom stereocenters. The fraction of sp³-hybridized carbons (Fsp3) is 0.0588. The van der Waals surface area contributed by atoms with Crippen LogP contribution in [-0.2, 0) is 0 Å². The third-order valence-electron chi connectivity index (χ3n) is 2.97. The minimum atomic E-state index is 0.341. The summed E-state index contributed by atoms with van der Waals surface area (Å²) < 4.78 is 5.24. The topological polar surface area (TPSA) is 76.2 Å². The fourth-order valence-corrected chi connectivity index (χ4v) is 1.93. The molecular weight excluding hydrogens is 290 g/mol. The highest BCUT2D eigenvalue weighted by Crippen LogP contribution is 2.15. The van der Waals surface area contributed by atoms with Gasteiger partial charge in [0, 0.05) is 5.56 Å². The van der Waals surface area contributed by atoms with Gasteiger partial charge in [-0.25, -0.2) is 10.4 Å². The molecule has 0 aliphatic carbocycles. The van der Waals surface area contributed by atoms with Crippen molar-refractivity contribution in [2.45, 2.75) is 6.92 Å². The van der Waals surface area contributed by atoms with E-state index in [1.54, 1.807) is 18.7 Å². The number of hydrogen-bond acceptors (Lipinski definition) is 6. The zero-order valence-corrected chi connectivity index (χ0v) is 12.5. The van der Waals surface area contributed by atoms with E-state index in [1.807, 2.05) is 55.5 Å². The zero-order chi connectivity index (χ0) is 15.9. The molecule has 2 heterocycles. The second-order valence-corrected chi connectivity index (χ2v) is 4.81. The number of hydrogen-bond donors (Lipinski definition) is 1. The Balaban J connectivity index is 1.68. The van der Waals surface area contributed by atoms with Gasteiger partial charge in [0.25, 0.3) is 5.95 Å². The van der Waals surface area contributed by atoms with E-state index in [2.05, 4.69) is 25.7 Å². The number of rotatable bonds is 5. The van der Waals surface area contributed by atoms with Gasteiger partial charge in [-0.15, -0.1) is 5.10 Å². The summed E-state index contributed by atoms with van der Waals surface area (Å²) in [6.07, 6.45) is 6.79. The predicted molar refractivity (Wildman–Crippen MR) is 89.7 cm³/mol. The van der Waals surface area contributed by atoms with Crippen LogP contribution in [0.4, 0.5) is 5.95 Å². The molecular formula is C17H15N5O. The maximum absolute atomic E-state index is 5.24. The number of benzene rings is 1. The van der Waals surface area contributed by atoms with Crippen LogP contribution in [0.2, 0.25) is 0 Å². The Kier molecular flexibility index (Phi) is 4.54. The van der Waals surface area contributed by atoms with Gasteiger partial charge in [0.1, 0.15) is 5.76 Å². The summed E-state index contributed by atoms with van der Waals surface area (Å²) in [5.74, 6) is 1.12. The summed E-state index contributed by atoms with van der Waals surface area (Å²) in [4.78, 5) is 4.38. The largest absolute Gasteiger partial charge is 0.465 e. The SMILES string of the molecule is CC(/C=N\Nc1nncc(-c2ccccc2)n1)=C\c1ccco1. The van der Waals surface area contributed by atoms with Gasteiger partial charge in [-0.05, 0) is 30.7 Å². The highest BCUT2D eigenvalue weighted by molar-refractivity contribution is 5.84. The summed E-state index contributed by atoms with van der Waals surface area (Å²) in [5, 5.41) is 12.0. The maximum atomic E-state index is 5.24. The van der Waals surface area contributed by atoms with Crippen LogP contribution in [-0.4, -0.2) is 21.4 Å². The first kappa shape index (κ1) is 14.6. The van der Waals surface area contributed by atoms with Crippen molar-refractivity contribution in [2.24, 2.45) is 5.10 Å². The molecule has 1 N–H and O–H groups in total. The molecule has 6 nitrogen and oxygen atoms in total. The summed E-state index contributed by atoms with van der Waals surface area (Å²) in [6, 6.07) is 13.5. The van der Waals surface area contributed by atoms with Gasteiger partial charge in [0.15, 0.2) is 0 Å². The zero-order valence-electron chi connectivity index (χ0n) is 12.5. The molecule has 0 saturated carbocycles. The van der Waals surface area contributed by atoms with E-state index in [-0.39, 0.29) is 0 Å². The molecule has 0 aliphatic rings. The number of nitrogens with one attached hydrogen (secondary N) is 1. The van der Waals surface area contributed by atoms with E-state index >= 15 is 0 Å². The average molecular weight is 305 g/mol. The lowest BCUT2D eigenvalue weighted by atomic mass is 10.2. The summed E-state index contributed by atoms with van der Waals surface area (Å²) in [5.41, 5.74) is 5.42. The second kappa shape index (κ2) is 7.13. The van der Waals surface area contributed by atoms with Crippen molar-refractivity contribution in [1.82, 2.24) is 15.2 Å². The van der Waals surface area contributed by atoms with Crippen molar-refractivity contribution in [2.75, 3.05) is 5.43 Å². The highest BCUT2D eigenvalue weighted by Gasteiger charge is 2.01. The molecule has 0 spiro atoms. The van der Waals surface area contributed by atoms with Crippen LogP contribution in [0.25, 0.3) is 17.3 Å². The molecule has 0 saturated heterocycles. The van der Waals surface area contributed by atoms with Gasteiger partial charge < -0.3 is 4.42 Å². The molecule has 0 radical (unpaired) electrons. The molecule has 0 fully saturated rings. The lowest BCUT2D eigenvalue weighted by Gasteiger charge is -2.01. The van der Waals surface area contributed by atoms with Crippen LogP contribution in [0.5, 0.6) is 0 Å². The van der Waals surface area contributed by atoms with Gasteiger partial charge in [0.2, 0.25) is 0 Å². The number of aromatic nitrogens is 3. The number of nitrogens with zero attached hydrogens (tertiary/aromatic N) is 4. The van der Waals surface area contributed by atoms with Crippen LogP contribution >= 0.6 is 0 Å². The molecule has 0 bridgehead atoms. The summed E-state index contributed by atoms with van der Waals surface area (Å²) in [7, 11) is 0. The Morgan fingerprint density at radius 2 is 2.04 bits per heavy atom. The third kappa shape index (κ3) is 4.10. The first-order valence-corrected chi connectivity index (χ1v) is 7.07. The molecule has 0 unspecified atom stereocenters. The fourth-order valence-electron chi connectivity index (χ4n) is 1.93. The quantitative estimate of drug-likeness (QED) is 0.575. The molecule has 3 aromatic rings. The van der Waals surface area contributed by atoms with Crippen LogP contribution in [0.3, 0.4) is 0 Å². The van der Waals surface area contributed by atoms with E-state index in [1.165, 1.54) is 0 Å². The van der Waals surface area contributed by atoms with Gasteiger partial charge >= 0.3 is 0 Å². The lowest BCUT2D eigenvalue weighted by Crippen LogP contribution is -1.99. The lowest BCUT2D eigenvalue weighted by molar-refractivity contribution is 0.557. The molecule has 3 rings (SSSR count). The molecule has 1 aromatic carbocycles. The van der Waals surface area contributed by atoms with Crippen LogP contribution in [0.1, 0.15) is 12.7 Å².